The summed E-state index contributed by atoms with van der Waals surface area (Å²) >= 11 is 5.76. The van der Waals surface area contributed by atoms with Crippen LogP contribution in [0.1, 0.15) is 25.3 Å². The van der Waals surface area contributed by atoms with Gasteiger partial charge in [0.2, 0.25) is 0 Å². The van der Waals surface area contributed by atoms with Gasteiger partial charge in [-0.05, 0) is 30.7 Å². The van der Waals surface area contributed by atoms with E-state index in [-0.39, 0.29) is 12.2 Å². The molecule has 2 N–H and O–H groups in total. The summed E-state index contributed by atoms with van der Waals surface area (Å²) in [6, 6.07) is 4.42. The van der Waals surface area contributed by atoms with Crippen molar-refractivity contribution in [1.82, 2.24) is 0 Å². The lowest BCUT2D eigenvalue weighted by atomic mass is 9.88. The van der Waals surface area contributed by atoms with E-state index >= 15 is 0 Å². The summed E-state index contributed by atoms with van der Waals surface area (Å²) in [4.78, 5) is 0. The third-order valence-corrected chi connectivity index (χ3v) is 3.97. The highest BCUT2D eigenvalue weighted by molar-refractivity contribution is 6.30. The predicted octanol–water partition coefficient (Wildman–Crippen LogP) is 3.95. The Hall–Kier alpha value is -1.55. The van der Waals surface area contributed by atoms with Crippen LogP contribution in [0.15, 0.2) is 41.3 Å². The van der Waals surface area contributed by atoms with Crippen molar-refractivity contribution >= 4 is 11.6 Å². The molecule has 0 saturated heterocycles. The lowest BCUT2D eigenvalue weighted by molar-refractivity contribution is 0.0169. The van der Waals surface area contributed by atoms with Crippen molar-refractivity contribution in [2.24, 2.45) is 5.73 Å². The molecule has 0 fully saturated rings. The van der Waals surface area contributed by atoms with Crippen LogP contribution < -0.4 is 5.73 Å². The molecule has 2 atom stereocenters. The molecule has 3 rings (SSSR count). The van der Waals surface area contributed by atoms with E-state index in [1.165, 1.54) is 6.07 Å². The van der Waals surface area contributed by atoms with Crippen molar-refractivity contribution in [2.75, 3.05) is 0 Å². The van der Waals surface area contributed by atoms with Gasteiger partial charge >= 0.3 is 0 Å². The van der Waals surface area contributed by atoms with E-state index in [0.29, 0.717) is 28.3 Å². The Morgan fingerprint density at radius 1 is 1.45 bits per heavy atom. The predicted molar refractivity (Wildman–Crippen MR) is 73.3 cm³/mol. The Bertz CT molecular complexity index is 641. The van der Waals surface area contributed by atoms with Gasteiger partial charge in [-0.15, -0.1) is 0 Å². The van der Waals surface area contributed by atoms with Gasteiger partial charge in [-0.1, -0.05) is 17.7 Å². The molecule has 1 aromatic carbocycles. The summed E-state index contributed by atoms with van der Waals surface area (Å²) < 4.78 is 33.8. The van der Waals surface area contributed by atoms with E-state index in [9.17, 15) is 8.78 Å². The second-order valence-corrected chi connectivity index (χ2v) is 5.85. The molecule has 1 aliphatic carbocycles. The van der Waals surface area contributed by atoms with Crippen LogP contribution in [0.5, 0.6) is 0 Å². The number of allylic oxidation sites excluding steroid dienone is 3. The van der Waals surface area contributed by atoms with Crippen LogP contribution in [-0.4, -0.2) is 6.17 Å². The molecular formula is C15H14ClF2NO. The molecule has 1 aromatic rings. The molecule has 106 valence electrons. The molecule has 0 bridgehead atoms. The van der Waals surface area contributed by atoms with Crippen molar-refractivity contribution in [2.45, 2.75) is 31.5 Å². The normalized spacial score (nSPS) is 29.0. The minimum atomic E-state index is -1.26. The second kappa shape index (κ2) is 4.48. The van der Waals surface area contributed by atoms with E-state index < -0.39 is 17.6 Å². The first-order chi connectivity index (χ1) is 9.39. The van der Waals surface area contributed by atoms with Gasteiger partial charge < -0.3 is 10.5 Å². The molecular weight excluding hydrogens is 284 g/mol. The van der Waals surface area contributed by atoms with Crippen LogP contribution >= 0.6 is 11.6 Å². The summed E-state index contributed by atoms with van der Waals surface area (Å²) in [7, 11) is 0. The summed E-state index contributed by atoms with van der Waals surface area (Å²) in [5.41, 5.74) is 6.34. The van der Waals surface area contributed by atoms with Crippen LogP contribution in [0.4, 0.5) is 8.78 Å². The minimum Gasteiger partial charge on any atom is -0.483 e. The van der Waals surface area contributed by atoms with Crippen LogP contribution in [0.25, 0.3) is 0 Å². The minimum absolute atomic E-state index is 0.123. The molecule has 2 unspecified atom stereocenters. The molecule has 20 heavy (non-hydrogen) atoms. The second-order valence-electron chi connectivity index (χ2n) is 5.41. The maximum absolute atomic E-state index is 14.1. The van der Waals surface area contributed by atoms with Gasteiger partial charge in [0, 0.05) is 29.1 Å². The van der Waals surface area contributed by atoms with Crippen molar-refractivity contribution in [3.8, 4) is 0 Å². The van der Waals surface area contributed by atoms with Gasteiger partial charge in [0.15, 0.2) is 6.17 Å². The third kappa shape index (κ3) is 2.08. The Morgan fingerprint density at radius 3 is 2.90 bits per heavy atom. The van der Waals surface area contributed by atoms with E-state index in [4.69, 9.17) is 22.1 Å². The van der Waals surface area contributed by atoms with E-state index in [0.717, 1.165) is 0 Å². The van der Waals surface area contributed by atoms with Crippen LogP contribution in [0.2, 0.25) is 5.02 Å². The van der Waals surface area contributed by atoms with Crippen molar-refractivity contribution in [3.63, 3.8) is 0 Å². The largest absolute Gasteiger partial charge is 0.483 e. The van der Waals surface area contributed by atoms with Gasteiger partial charge in [-0.2, -0.15) is 0 Å². The smallest absolute Gasteiger partial charge is 0.163 e. The topological polar surface area (TPSA) is 35.2 Å². The Balaban J connectivity index is 1.98. The maximum atomic E-state index is 14.1. The molecule has 0 radical (unpaired) electrons. The number of rotatable bonds is 1. The van der Waals surface area contributed by atoms with Gasteiger partial charge in [-0.3, -0.25) is 0 Å². The van der Waals surface area contributed by atoms with E-state index in [2.05, 4.69) is 0 Å². The first kappa shape index (κ1) is 13.4. The van der Waals surface area contributed by atoms with Gasteiger partial charge in [-0.25, -0.2) is 8.78 Å². The monoisotopic (exact) mass is 297 g/mol. The summed E-state index contributed by atoms with van der Waals surface area (Å²) in [6.45, 7) is 1.74. The fourth-order valence-corrected chi connectivity index (χ4v) is 2.99. The van der Waals surface area contributed by atoms with Gasteiger partial charge in [0.1, 0.15) is 17.2 Å². The first-order valence-electron chi connectivity index (χ1n) is 6.37. The Labute approximate surface area is 120 Å². The Kier molecular flexibility index (Phi) is 3.01. The molecule has 2 nitrogen and oxygen atoms in total. The molecule has 0 saturated carbocycles. The van der Waals surface area contributed by atoms with E-state index in [1.54, 1.807) is 25.1 Å². The van der Waals surface area contributed by atoms with Crippen LogP contribution in [0, 0.1) is 5.82 Å². The third-order valence-electron chi connectivity index (χ3n) is 3.74. The number of alkyl halides is 1. The average Bonchev–Trinajstić information content (AvgIpc) is 2.66. The number of hydrogen-bond donors (Lipinski definition) is 1. The highest BCUT2D eigenvalue weighted by Crippen LogP contribution is 2.47. The first-order valence-corrected chi connectivity index (χ1v) is 6.74. The fraction of sp³-hybridized carbons (Fsp3) is 0.333. The van der Waals surface area contributed by atoms with Crippen molar-refractivity contribution < 1.29 is 13.5 Å². The van der Waals surface area contributed by atoms with Crippen LogP contribution in [0.3, 0.4) is 0 Å². The number of benzene rings is 1. The molecule has 0 aromatic heterocycles. The molecule has 1 heterocycles. The Morgan fingerprint density at radius 2 is 2.20 bits per heavy atom. The van der Waals surface area contributed by atoms with Gasteiger partial charge in [0.05, 0.1) is 0 Å². The molecule has 0 spiro atoms. The standard InChI is InChI=1S/C15H14ClF2NO/c1-15(11-3-2-9(16)5-12(11)17)7-8-4-10(19)6-13(18)14(8)20-15/h2-5,13H,6-7,19H2,1H3. The molecule has 1 aliphatic heterocycles. The summed E-state index contributed by atoms with van der Waals surface area (Å²) in [6.07, 6.45) is 0.983. The SMILES string of the molecule is CC1(c2ccc(Cl)cc2F)CC2=C(O1)C(F)CC(N)=C2. The number of hydrogen-bond acceptors (Lipinski definition) is 2. The highest BCUT2D eigenvalue weighted by atomic mass is 35.5. The molecule has 5 heteroatoms. The number of nitrogens with two attached hydrogens (primary N) is 1. The lowest BCUT2D eigenvalue weighted by Crippen LogP contribution is -2.24. The van der Waals surface area contributed by atoms with Crippen LogP contribution in [-0.2, 0) is 10.3 Å². The zero-order chi connectivity index (χ0) is 14.5. The summed E-state index contributed by atoms with van der Waals surface area (Å²) in [5.74, 6) is -0.178. The molecule has 2 aliphatic rings. The fourth-order valence-electron chi connectivity index (χ4n) is 2.83. The van der Waals surface area contributed by atoms with Gasteiger partial charge in [0.25, 0.3) is 0 Å². The van der Waals surface area contributed by atoms with Crippen molar-refractivity contribution in [3.05, 3.63) is 57.7 Å². The zero-order valence-corrected chi connectivity index (χ0v) is 11.7. The number of ether oxygens (including phenoxy) is 1. The maximum Gasteiger partial charge on any atom is 0.163 e. The number of halogens is 3. The van der Waals surface area contributed by atoms with E-state index in [1.807, 2.05) is 0 Å². The van der Waals surface area contributed by atoms with Crippen molar-refractivity contribution in [1.29, 1.82) is 0 Å². The molecule has 0 amide bonds. The average molecular weight is 298 g/mol. The lowest BCUT2D eigenvalue weighted by Gasteiger charge is -2.27. The quantitative estimate of drug-likeness (QED) is 0.852. The summed E-state index contributed by atoms with van der Waals surface area (Å²) in [5, 5.41) is 0.318. The zero-order valence-electron chi connectivity index (χ0n) is 10.9. The highest BCUT2D eigenvalue weighted by Gasteiger charge is 2.43.